The van der Waals surface area contributed by atoms with Gasteiger partial charge in [-0.05, 0) is 18.2 Å². The maximum absolute atomic E-state index is 12.2. The number of aliphatic carboxylic acids is 1. The summed E-state index contributed by atoms with van der Waals surface area (Å²) in [6.07, 6.45) is 3.62. The third-order valence-electron chi connectivity index (χ3n) is 3.96. The molecule has 2 fully saturated rings. The van der Waals surface area contributed by atoms with Crippen molar-refractivity contribution in [2.24, 2.45) is 5.92 Å². The second-order valence-corrected chi connectivity index (χ2v) is 8.00. The Hall–Kier alpha value is -2.10. The van der Waals surface area contributed by atoms with Crippen LogP contribution < -0.4 is 0 Å². The number of hydrogen-bond donors (Lipinski definition) is 1. The van der Waals surface area contributed by atoms with Crippen LogP contribution >= 0.6 is 36.2 Å². The first-order chi connectivity index (χ1) is 12.3. The Morgan fingerprint density at radius 1 is 1.35 bits per heavy atom. The summed E-state index contributed by atoms with van der Waals surface area (Å²) >= 11 is 11.2. The van der Waals surface area contributed by atoms with Gasteiger partial charge in [0.25, 0.3) is 5.91 Å². The molecule has 6 nitrogen and oxygen atoms in total. The van der Waals surface area contributed by atoms with E-state index in [-0.39, 0.29) is 20.9 Å². The normalized spacial score (nSPS) is 23.7. The molecule has 1 aromatic rings. The minimum absolute atomic E-state index is 0.00231. The van der Waals surface area contributed by atoms with Crippen LogP contribution in [-0.4, -0.2) is 43.4 Å². The lowest BCUT2D eigenvalue weighted by Gasteiger charge is -2.09. The van der Waals surface area contributed by atoms with Gasteiger partial charge in [0.15, 0.2) is 5.78 Å². The van der Waals surface area contributed by atoms with E-state index in [4.69, 9.17) is 34.0 Å². The van der Waals surface area contributed by atoms with Gasteiger partial charge in [0.1, 0.15) is 22.4 Å². The minimum atomic E-state index is -1.14. The molecule has 26 heavy (non-hydrogen) atoms. The van der Waals surface area contributed by atoms with E-state index in [0.29, 0.717) is 23.5 Å². The number of rotatable bonds is 4. The molecule has 134 valence electrons. The van der Waals surface area contributed by atoms with Gasteiger partial charge in [-0.15, -0.1) is 0 Å². The zero-order valence-electron chi connectivity index (χ0n) is 13.6. The molecular weight excluding hydrogens is 394 g/mol. The second kappa shape index (κ2) is 7.26. The fourth-order valence-electron chi connectivity index (χ4n) is 2.57. The van der Waals surface area contributed by atoms with Crippen molar-refractivity contribution in [2.45, 2.75) is 13.3 Å². The van der Waals surface area contributed by atoms with Gasteiger partial charge in [0.05, 0.1) is 10.8 Å². The topological polar surface area (TPSA) is 87.8 Å². The molecule has 0 radical (unpaired) electrons. The van der Waals surface area contributed by atoms with Crippen LogP contribution in [0.25, 0.3) is 12.2 Å². The number of amides is 1. The van der Waals surface area contributed by atoms with Gasteiger partial charge in [0.2, 0.25) is 0 Å². The number of ketones is 1. The van der Waals surface area contributed by atoms with Crippen LogP contribution in [0, 0.1) is 5.92 Å². The highest BCUT2D eigenvalue weighted by Gasteiger charge is 2.33. The van der Waals surface area contributed by atoms with Crippen LogP contribution in [-0.2, 0) is 14.4 Å². The number of nitrogens with zero attached hydrogens (tertiary/aromatic N) is 1. The van der Waals surface area contributed by atoms with Gasteiger partial charge < -0.3 is 9.52 Å². The summed E-state index contributed by atoms with van der Waals surface area (Å²) in [5.41, 5.74) is 0.608. The number of carboxylic acid groups (broad SMARTS) is 1. The zero-order valence-corrected chi connectivity index (χ0v) is 16.0. The third kappa shape index (κ3) is 3.69. The van der Waals surface area contributed by atoms with Crippen molar-refractivity contribution in [3.8, 4) is 0 Å². The molecule has 9 heteroatoms. The van der Waals surface area contributed by atoms with Crippen molar-refractivity contribution >= 4 is 75.2 Å². The summed E-state index contributed by atoms with van der Waals surface area (Å²) in [4.78, 5) is 37.2. The van der Waals surface area contributed by atoms with Crippen LogP contribution in [0.1, 0.15) is 24.9 Å². The lowest BCUT2D eigenvalue weighted by molar-refractivity contribution is -0.140. The largest absolute Gasteiger partial charge is 0.480 e. The van der Waals surface area contributed by atoms with Gasteiger partial charge in [-0.2, -0.15) is 0 Å². The lowest BCUT2D eigenvalue weighted by Crippen LogP contribution is -2.33. The van der Waals surface area contributed by atoms with Crippen molar-refractivity contribution < 1.29 is 23.9 Å². The third-order valence-corrected chi connectivity index (χ3v) is 5.84. The SMILES string of the molecule is CC1C(=O)/C(=C/c2ccc(/C=C3\SC(=S)N(CC(=O)O)C3=O)o2)CC1=S. The number of hydrogen-bond acceptors (Lipinski definition) is 7. The molecule has 0 spiro atoms. The van der Waals surface area contributed by atoms with Gasteiger partial charge in [-0.1, -0.05) is 43.1 Å². The number of carbonyl (C=O) groups excluding carboxylic acids is 2. The van der Waals surface area contributed by atoms with Gasteiger partial charge in [0, 0.05) is 22.9 Å². The average Bonchev–Trinajstić information content (AvgIpc) is 3.19. The maximum atomic E-state index is 12.2. The molecule has 1 atom stereocenters. The minimum Gasteiger partial charge on any atom is -0.480 e. The second-order valence-electron chi connectivity index (χ2n) is 5.80. The highest BCUT2D eigenvalue weighted by Crippen LogP contribution is 2.33. The van der Waals surface area contributed by atoms with Crippen LogP contribution in [0.5, 0.6) is 0 Å². The molecule has 0 aromatic carbocycles. The Labute approximate surface area is 163 Å². The number of furan rings is 1. The molecule has 1 saturated heterocycles. The van der Waals surface area contributed by atoms with Crippen LogP contribution in [0.15, 0.2) is 27.0 Å². The predicted octanol–water partition coefficient (Wildman–Crippen LogP) is 2.93. The fraction of sp³-hybridized carbons (Fsp3) is 0.235. The molecule has 3 rings (SSSR count). The average molecular weight is 407 g/mol. The summed E-state index contributed by atoms with van der Waals surface area (Å²) in [5.74, 6) is -0.957. The van der Waals surface area contributed by atoms with Gasteiger partial charge in [-0.3, -0.25) is 19.3 Å². The quantitative estimate of drug-likeness (QED) is 0.602. The molecule has 0 bridgehead atoms. The zero-order chi connectivity index (χ0) is 19.0. The highest BCUT2D eigenvalue weighted by atomic mass is 32.2. The standard InChI is InChI=1S/C17H13NO5S3/c1-8-12(24)5-9(15(8)21)4-10-2-3-11(23-10)6-13-16(22)18(7-14(19)20)17(25)26-13/h2-4,6,8H,5,7H2,1H3,(H,19,20)/b9-4+,13-6-. The first-order valence-corrected chi connectivity index (χ1v) is 9.24. The van der Waals surface area contributed by atoms with E-state index in [1.807, 2.05) is 0 Å². The van der Waals surface area contributed by atoms with E-state index in [9.17, 15) is 14.4 Å². The molecule has 2 heterocycles. The highest BCUT2D eigenvalue weighted by molar-refractivity contribution is 8.26. The van der Waals surface area contributed by atoms with Crippen LogP contribution in [0.4, 0.5) is 0 Å². The Morgan fingerprint density at radius 2 is 2.00 bits per heavy atom. The Bertz CT molecular complexity index is 911. The van der Waals surface area contributed by atoms with Crippen molar-refractivity contribution in [1.29, 1.82) is 0 Å². The fourth-order valence-corrected chi connectivity index (χ4v) is 4.07. The monoisotopic (exact) mass is 407 g/mol. The molecule has 1 saturated carbocycles. The Morgan fingerprint density at radius 3 is 2.58 bits per heavy atom. The number of thiocarbonyl (C=S) groups is 2. The van der Waals surface area contributed by atoms with E-state index in [1.54, 1.807) is 25.1 Å². The summed E-state index contributed by atoms with van der Waals surface area (Å²) in [6.45, 7) is 1.32. The molecule has 1 N–H and O–H groups in total. The van der Waals surface area contributed by atoms with E-state index < -0.39 is 18.4 Å². The maximum Gasteiger partial charge on any atom is 0.323 e. The van der Waals surface area contributed by atoms with Crippen molar-refractivity contribution in [3.63, 3.8) is 0 Å². The van der Waals surface area contributed by atoms with E-state index >= 15 is 0 Å². The summed E-state index contributed by atoms with van der Waals surface area (Å²) < 4.78 is 5.83. The van der Waals surface area contributed by atoms with Crippen LogP contribution in [0.3, 0.4) is 0 Å². The molecule has 1 unspecified atom stereocenters. The van der Waals surface area contributed by atoms with E-state index in [2.05, 4.69) is 0 Å². The van der Waals surface area contributed by atoms with Crippen molar-refractivity contribution in [2.75, 3.05) is 6.54 Å². The van der Waals surface area contributed by atoms with E-state index in [1.165, 1.54) is 6.08 Å². The molecule has 1 aromatic heterocycles. The van der Waals surface area contributed by atoms with Gasteiger partial charge in [-0.25, -0.2) is 0 Å². The summed E-state index contributed by atoms with van der Waals surface area (Å²) in [5, 5.41) is 8.84. The molecule has 1 amide bonds. The number of thioether (sulfide) groups is 1. The number of allylic oxidation sites excluding steroid dienone is 1. The van der Waals surface area contributed by atoms with Crippen molar-refractivity contribution in [1.82, 2.24) is 4.90 Å². The van der Waals surface area contributed by atoms with Crippen molar-refractivity contribution in [3.05, 3.63) is 34.1 Å². The molecule has 2 aliphatic rings. The molecule has 1 aliphatic carbocycles. The summed E-state index contributed by atoms with van der Waals surface area (Å²) in [6, 6.07) is 3.35. The number of Topliss-reactive ketones (excluding diaryl/α,β-unsaturated/α-hetero) is 1. The van der Waals surface area contributed by atoms with Crippen LogP contribution in [0.2, 0.25) is 0 Å². The lowest BCUT2D eigenvalue weighted by atomic mass is 10.1. The predicted molar refractivity (Wildman–Crippen MR) is 106 cm³/mol. The first kappa shape index (κ1) is 18.7. The number of carboxylic acids is 1. The Balaban J connectivity index is 1.79. The Kier molecular flexibility index (Phi) is 5.22. The molecule has 1 aliphatic heterocycles. The smallest absolute Gasteiger partial charge is 0.323 e. The molecular formula is C17H13NO5S3. The van der Waals surface area contributed by atoms with Gasteiger partial charge >= 0.3 is 5.97 Å². The first-order valence-electron chi connectivity index (χ1n) is 7.60. The summed E-state index contributed by atoms with van der Waals surface area (Å²) in [7, 11) is 0. The van der Waals surface area contributed by atoms with E-state index in [0.717, 1.165) is 21.5 Å². The number of carbonyl (C=O) groups is 3.